The van der Waals surface area contributed by atoms with Crippen molar-refractivity contribution in [1.29, 1.82) is 0 Å². The minimum atomic E-state index is -0.972. The van der Waals surface area contributed by atoms with E-state index in [1.807, 2.05) is 6.92 Å². The zero-order valence-corrected chi connectivity index (χ0v) is 25.0. The first-order chi connectivity index (χ1) is 19.6. The molecule has 1 heterocycles. The molecule has 10 heteroatoms. The Balaban J connectivity index is 1.50. The van der Waals surface area contributed by atoms with Crippen molar-refractivity contribution in [1.82, 2.24) is 26.2 Å². The van der Waals surface area contributed by atoms with E-state index in [0.717, 1.165) is 51.4 Å². The van der Waals surface area contributed by atoms with E-state index in [0.29, 0.717) is 19.4 Å². The number of carbonyl (C=O) groups excluding carboxylic acids is 5. The zero-order chi connectivity index (χ0) is 29.7. The Labute approximate surface area is 244 Å². The molecule has 0 spiro atoms. The molecule has 228 valence electrons. The van der Waals surface area contributed by atoms with E-state index >= 15 is 0 Å². The lowest BCUT2D eigenvalue weighted by molar-refractivity contribution is -0.144. The van der Waals surface area contributed by atoms with Gasteiger partial charge in [-0.25, -0.2) is 4.79 Å². The fourth-order valence-corrected chi connectivity index (χ4v) is 7.50. The van der Waals surface area contributed by atoms with Gasteiger partial charge in [-0.15, -0.1) is 6.58 Å². The molecule has 0 aromatic carbocycles. The average molecular weight is 572 g/mol. The molecule has 0 radical (unpaired) electrons. The highest BCUT2D eigenvalue weighted by Crippen LogP contribution is 2.65. The number of nitrogens with zero attached hydrogens (tertiary/aromatic N) is 1. The van der Waals surface area contributed by atoms with Gasteiger partial charge in [0.05, 0.1) is 6.04 Å². The predicted molar refractivity (Wildman–Crippen MR) is 156 cm³/mol. The van der Waals surface area contributed by atoms with Crippen LogP contribution in [0.1, 0.15) is 91.4 Å². The highest BCUT2D eigenvalue weighted by Gasteiger charge is 2.69. The van der Waals surface area contributed by atoms with Gasteiger partial charge in [0, 0.05) is 19.1 Å². The molecule has 0 aromatic rings. The van der Waals surface area contributed by atoms with Crippen molar-refractivity contribution in [2.24, 2.45) is 23.2 Å². The maximum atomic E-state index is 14.2. The number of fused-ring (bicyclic) bond motifs is 1. The second kappa shape index (κ2) is 13.4. The minimum absolute atomic E-state index is 0.0243. The van der Waals surface area contributed by atoms with Crippen molar-refractivity contribution in [3.8, 4) is 0 Å². The maximum absolute atomic E-state index is 14.2. The maximum Gasteiger partial charge on any atom is 0.315 e. The SMILES string of the molecule is C=CCNC(=O)C(=O)C(CCC)NC(=O)[C@@H]1[C@@H]2[C@H](CN1C(=O)[C@@H](NC(=O)NC1CCCCC1)C1CCCC1)C2(C)C. The first-order valence-corrected chi connectivity index (χ1v) is 15.7. The molecule has 4 fully saturated rings. The van der Waals surface area contributed by atoms with Crippen LogP contribution in [-0.2, 0) is 19.2 Å². The summed E-state index contributed by atoms with van der Waals surface area (Å²) in [4.78, 5) is 68.0. The van der Waals surface area contributed by atoms with E-state index < -0.39 is 35.7 Å². The first kappa shape index (κ1) is 31.0. The second-order valence-corrected chi connectivity index (χ2v) is 13.1. The lowest BCUT2D eigenvalue weighted by atomic mass is 9.94. The zero-order valence-electron chi connectivity index (χ0n) is 25.0. The van der Waals surface area contributed by atoms with Crippen LogP contribution in [0.15, 0.2) is 12.7 Å². The van der Waals surface area contributed by atoms with Gasteiger partial charge < -0.3 is 26.2 Å². The van der Waals surface area contributed by atoms with Crippen LogP contribution in [0.3, 0.4) is 0 Å². The predicted octanol–water partition coefficient (Wildman–Crippen LogP) is 2.82. The summed E-state index contributed by atoms with van der Waals surface area (Å²) in [5.74, 6) is -1.94. The first-order valence-electron chi connectivity index (χ1n) is 15.7. The molecule has 3 aliphatic carbocycles. The number of likely N-dealkylation sites (tertiary alicyclic amines) is 1. The van der Waals surface area contributed by atoms with Crippen molar-refractivity contribution in [2.75, 3.05) is 13.1 Å². The number of rotatable bonds is 12. The molecule has 0 bridgehead atoms. The molecular formula is C31H49N5O5. The normalized spacial score (nSPS) is 26.8. The van der Waals surface area contributed by atoms with Gasteiger partial charge in [0.1, 0.15) is 12.1 Å². The average Bonchev–Trinajstić information content (AvgIpc) is 3.40. The molecule has 4 N–H and O–H groups in total. The molecule has 4 aliphatic rings. The van der Waals surface area contributed by atoms with Crippen LogP contribution in [-0.4, -0.2) is 71.7 Å². The van der Waals surface area contributed by atoms with Crippen LogP contribution in [0, 0.1) is 23.2 Å². The Morgan fingerprint density at radius 3 is 2.27 bits per heavy atom. The van der Waals surface area contributed by atoms with E-state index in [4.69, 9.17) is 0 Å². The van der Waals surface area contributed by atoms with Crippen LogP contribution in [0.2, 0.25) is 0 Å². The Bertz CT molecular complexity index is 1020. The van der Waals surface area contributed by atoms with Crippen LogP contribution < -0.4 is 21.3 Å². The minimum Gasteiger partial charge on any atom is -0.346 e. The number of ketones is 1. The number of nitrogens with one attached hydrogen (secondary N) is 4. The number of Topliss-reactive ketones (excluding diaryl/α,β-unsaturated/α-hetero) is 1. The number of carbonyl (C=O) groups is 5. The van der Waals surface area contributed by atoms with Gasteiger partial charge in [-0.2, -0.15) is 0 Å². The smallest absolute Gasteiger partial charge is 0.315 e. The molecule has 5 atom stereocenters. The number of hydrogen-bond acceptors (Lipinski definition) is 5. The molecule has 10 nitrogen and oxygen atoms in total. The fraction of sp³-hybridized carbons (Fsp3) is 0.774. The molecule has 1 aliphatic heterocycles. The second-order valence-electron chi connectivity index (χ2n) is 13.1. The van der Waals surface area contributed by atoms with Gasteiger partial charge in [0.25, 0.3) is 5.91 Å². The molecule has 41 heavy (non-hydrogen) atoms. The molecule has 0 aromatic heterocycles. The van der Waals surface area contributed by atoms with E-state index in [2.05, 4.69) is 41.7 Å². The monoisotopic (exact) mass is 571 g/mol. The molecule has 5 amide bonds. The molecular weight excluding hydrogens is 522 g/mol. The lowest BCUT2D eigenvalue weighted by Gasteiger charge is -2.35. The summed E-state index contributed by atoms with van der Waals surface area (Å²) < 4.78 is 0. The summed E-state index contributed by atoms with van der Waals surface area (Å²) in [5, 5.41) is 11.4. The summed E-state index contributed by atoms with van der Waals surface area (Å²) in [7, 11) is 0. The summed E-state index contributed by atoms with van der Waals surface area (Å²) in [6.45, 7) is 10.2. The quantitative estimate of drug-likeness (QED) is 0.211. The van der Waals surface area contributed by atoms with Crippen LogP contribution in [0.25, 0.3) is 0 Å². The Morgan fingerprint density at radius 1 is 0.976 bits per heavy atom. The van der Waals surface area contributed by atoms with Gasteiger partial charge >= 0.3 is 6.03 Å². The number of amides is 5. The molecule has 3 saturated carbocycles. The van der Waals surface area contributed by atoms with Crippen molar-refractivity contribution < 1.29 is 24.0 Å². The lowest BCUT2D eigenvalue weighted by Crippen LogP contribution is -2.60. The number of piperidine rings is 1. The van der Waals surface area contributed by atoms with Gasteiger partial charge in [-0.05, 0) is 55.3 Å². The summed E-state index contributed by atoms with van der Waals surface area (Å²) in [6.07, 6.45) is 11.4. The van der Waals surface area contributed by atoms with Crippen molar-refractivity contribution >= 4 is 29.5 Å². The van der Waals surface area contributed by atoms with E-state index in [-0.39, 0.29) is 47.7 Å². The van der Waals surface area contributed by atoms with Gasteiger partial charge in [-0.1, -0.05) is 65.4 Å². The summed E-state index contributed by atoms with van der Waals surface area (Å²) >= 11 is 0. The van der Waals surface area contributed by atoms with Crippen LogP contribution >= 0.6 is 0 Å². The number of hydrogen-bond donors (Lipinski definition) is 4. The Hall–Kier alpha value is -2.91. The van der Waals surface area contributed by atoms with E-state index in [9.17, 15) is 24.0 Å². The largest absolute Gasteiger partial charge is 0.346 e. The molecule has 4 rings (SSSR count). The highest BCUT2D eigenvalue weighted by molar-refractivity contribution is 6.38. The third-order valence-corrected chi connectivity index (χ3v) is 9.97. The van der Waals surface area contributed by atoms with Crippen molar-refractivity contribution in [3.63, 3.8) is 0 Å². The Kier molecular flexibility index (Phi) is 10.1. The highest BCUT2D eigenvalue weighted by atomic mass is 16.2. The van der Waals surface area contributed by atoms with Crippen molar-refractivity contribution in [3.05, 3.63) is 12.7 Å². The fourth-order valence-electron chi connectivity index (χ4n) is 7.50. The van der Waals surface area contributed by atoms with Crippen molar-refractivity contribution in [2.45, 2.75) is 116 Å². The third-order valence-electron chi connectivity index (χ3n) is 9.97. The van der Waals surface area contributed by atoms with Gasteiger partial charge in [-0.3, -0.25) is 19.2 Å². The topological polar surface area (TPSA) is 137 Å². The summed E-state index contributed by atoms with van der Waals surface area (Å²) in [6, 6.07) is -2.61. The van der Waals surface area contributed by atoms with E-state index in [1.54, 1.807) is 4.90 Å². The van der Waals surface area contributed by atoms with E-state index in [1.165, 1.54) is 12.5 Å². The molecule has 1 saturated heterocycles. The van der Waals surface area contributed by atoms with Crippen LogP contribution in [0.4, 0.5) is 4.79 Å². The Morgan fingerprint density at radius 2 is 1.63 bits per heavy atom. The number of urea groups is 1. The third kappa shape index (κ3) is 6.95. The van der Waals surface area contributed by atoms with Crippen LogP contribution in [0.5, 0.6) is 0 Å². The standard InChI is InChI=1S/C31H49N5O5/c1-5-12-22(26(37)28(39)32-17-6-2)34-27(38)25-23-21(31(23,3)4)18-36(25)29(40)24(19-13-10-11-14-19)35-30(41)33-20-15-8-7-9-16-20/h6,19-25H,2,5,7-18H2,1,3-4H3,(H,32,39)(H,34,38)(H2,33,35,41)/t21-,22?,23-,24-,25-/m0/s1. The summed E-state index contributed by atoms with van der Waals surface area (Å²) in [5.41, 5.74) is -0.112. The molecule has 1 unspecified atom stereocenters. The van der Waals surface area contributed by atoms with Gasteiger partial charge in [0.2, 0.25) is 17.6 Å². The van der Waals surface area contributed by atoms with Gasteiger partial charge in [0.15, 0.2) is 0 Å².